The lowest BCUT2D eigenvalue weighted by atomic mass is 10.2. The Balaban J connectivity index is 2.11. The molecule has 2 N–H and O–H groups in total. The SMILES string of the molecule is CCCNc1cccc(C(=O)Nc2ccncc2C)n1. The lowest BCUT2D eigenvalue weighted by Crippen LogP contribution is -2.15. The van der Waals surface area contributed by atoms with Gasteiger partial charge in [0.15, 0.2) is 0 Å². The maximum absolute atomic E-state index is 12.2. The van der Waals surface area contributed by atoms with Crippen LogP contribution in [0.1, 0.15) is 29.4 Å². The summed E-state index contributed by atoms with van der Waals surface area (Å²) in [6.07, 6.45) is 4.37. The van der Waals surface area contributed by atoms with Crippen LogP contribution in [-0.2, 0) is 0 Å². The summed E-state index contributed by atoms with van der Waals surface area (Å²) in [4.78, 5) is 20.5. The van der Waals surface area contributed by atoms with Gasteiger partial charge in [-0.1, -0.05) is 13.0 Å². The van der Waals surface area contributed by atoms with Crippen molar-refractivity contribution in [2.45, 2.75) is 20.3 Å². The van der Waals surface area contributed by atoms with E-state index in [1.54, 1.807) is 24.5 Å². The van der Waals surface area contributed by atoms with Gasteiger partial charge in [-0.05, 0) is 37.1 Å². The van der Waals surface area contributed by atoms with E-state index in [0.29, 0.717) is 11.5 Å². The summed E-state index contributed by atoms with van der Waals surface area (Å²) in [5.74, 6) is 0.491. The Labute approximate surface area is 118 Å². The molecular formula is C15H18N4O. The van der Waals surface area contributed by atoms with Crippen molar-refractivity contribution < 1.29 is 4.79 Å². The van der Waals surface area contributed by atoms with Crippen molar-refractivity contribution in [2.75, 3.05) is 17.2 Å². The Morgan fingerprint density at radius 2 is 2.15 bits per heavy atom. The molecule has 2 aromatic heterocycles. The van der Waals surface area contributed by atoms with Crippen molar-refractivity contribution in [3.63, 3.8) is 0 Å². The predicted octanol–water partition coefficient (Wildman–Crippen LogP) is 2.86. The van der Waals surface area contributed by atoms with Crippen molar-refractivity contribution in [3.05, 3.63) is 47.9 Å². The maximum atomic E-state index is 12.2. The molecule has 2 aromatic rings. The summed E-state index contributed by atoms with van der Waals surface area (Å²) in [6.45, 7) is 4.81. The number of hydrogen-bond donors (Lipinski definition) is 2. The molecule has 0 aromatic carbocycles. The number of carbonyl (C=O) groups is 1. The summed E-state index contributed by atoms with van der Waals surface area (Å²) in [5, 5.41) is 6.00. The number of nitrogens with one attached hydrogen (secondary N) is 2. The number of aromatic nitrogens is 2. The molecule has 0 aliphatic carbocycles. The molecule has 0 saturated carbocycles. The van der Waals surface area contributed by atoms with E-state index in [0.717, 1.165) is 24.2 Å². The second-order valence-corrected chi connectivity index (χ2v) is 4.48. The van der Waals surface area contributed by atoms with Crippen LogP contribution >= 0.6 is 0 Å². The lowest BCUT2D eigenvalue weighted by molar-refractivity contribution is 0.102. The summed E-state index contributed by atoms with van der Waals surface area (Å²) < 4.78 is 0. The van der Waals surface area contributed by atoms with Gasteiger partial charge in [-0.25, -0.2) is 4.98 Å². The largest absolute Gasteiger partial charge is 0.370 e. The molecule has 2 heterocycles. The highest BCUT2D eigenvalue weighted by atomic mass is 16.1. The van der Waals surface area contributed by atoms with Gasteiger partial charge in [0, 0.05) is 24.6 Å². The first-order chi connectivity index (χ1) is 9.70. The highest BCUT2D eigenvalue weighted by Gasteiger charge is 2.09. The van der Waals surface area contributed by atoms with E-state index in [-0.39, 0.29) is 5.91 Å². The van der Waals surface area contributed by atoms with Crippen molar-refractivity contribution in [1.29, 1.82) is 0 Å². The van der Waals surface area contributed by atoms with Crippen LogP contribution in [0.5, 0.6) is 0 Å². The third kappa shape index (κ3) is 3.54. The predicted molar refractivity (Wildman–Crippen MR) is 79.9 cm³/mol. The van der Waals surface area contributed by atoms with Crippen LogP contribution < -0.4 is 10.6 Å². The summed E-state index contributed by atoms with van der Waals surface area (Å²) >= 11 is 0. The number of carbonyl (C=O) groups excluding carboxylic acids is 1. The molecule has 104 valence electrons. The fraction of sp³-hybridized carbons (Fsp3) is 0.267. The van der Waals surface area contributed by atoms with Crippen molar-refractivity contribution in [1.82, 2.24) is 9.97 Å². The first kappa shape index (κ1) is 14.0. The minimum absolute atomic E-state index is 0.223. The standard InChI is InChI=1S/C15H18N4O/c1-3-8-17-14-6-4-5-13(18-14)15(20)19-12-7-9-16-10-11(12)2/h4-7,9-10H,3,8H2,1-2H3,(H,17,18)(H,16,19,20). The zero-order valence-corrected chi connectivity index (χ0v) is 11.7. The quantitative estimate of drug-likeness (QED) is 0.876. The van der Waals surface area contributed by atoms with Crippen LogP contribution in [0.25, 0.3) is 0 Å². The summed E-state index contributed by atoms with van der Waals surface area (Å²) in [6, 6.07) is 7.14. The molecule has 0 aliphatic heterocycles. The number of hydrogen-bond acceptors (Lipinski definition) is 4. The van der Waals surface area contributed by atoms with Crippen molar-refractivity contribution in [2.24, 2.45) is 0 Å². The number of aryl methyl sites for hydroxylation is 1. The van der Waals surface area contributed by atoms with Crippen molar-refractivity contribution >= 4 is 17.4 Å². The average molecular weight is 270 g/mol. The van der Waals surface area contributed by atoms with E-state index < -0.39 is 0 Å². The topological polar surface area (TPSA) is 66.9 Å². The minimum Gasteiger partial charge on any atom is -0.370 e. The Hall–Kier alpha value is -2.43. The Bertz CT molecular complexity index is 598. The molecular weight excluding hydrogens is 252 g/mol. The fourth-order valence-corrected chi connectivity index (χ4v) is 1.71. The van der Waals surface area contributed by atoms with Crippen LogP contribution in [0.2, 0.25) is 0 Å². The van der Waals surface area contributed by atoms with Crippen LogP contribution in [0.15, 0.2) is 36.7 Å². The number of nitrogens with zero attached hydrogens (tertiary/aromatic N) is 2. The highest BCUT2D eigenvalue weighted by Crippen LogP contribution is 2.13. The first-order valence-electron chi connectivity index (χ1n) is 6.63. The molecule has 0 saturated heterocycles. The maximum Gasteiger partial charge on any atom is 0.274 e. The number of amides is 1. The van der Waals surface area contributed by atoms with Gasteiger partial charge in [-0.2, -0.15) is 0 Å². The van der Waals surface area contributed by atoms with Gasteiger partial charge < -0.3 is 10.6 Å². The zero-order valence-electron chi connectivity index (χ0n) is 11.7. The van der Waals surface area contributed by atoms with Crippen LogP contribution in [-0.4, -0.2) is 22.4 Å². The Morgan fingerprint density at radius 3 is 2.90 bits per heavy atom. The minimum atomic E-state index is -0.223. The molecule has 0 spiro atoms. The molecule has 0 aliphatic rings. The third-order valence-corrected chi connectivity index (χ3v) is 2.81. The van der Waals surface area contributed by atoms with Gasteiger partial charge in [0.05, 0.1) is 0 Å². The molecule has 5 heteroatoms. The van der Waals surface area contributed by atoms with Crippen LogP contribution in [0, 0.1) is 6.92 Å². The van der Waals surface area contributed by atoms with E-state index in [2.05, 4.69) is 27.5 Å². The van der Waals surface area contributed by atoms with Gasteiger partial charge >= 0.3 is 0 Å². The van der Waals surface area contributed by atoms with Gasteiger partial charge in [0.25, 0.3) is 5.91 Å². The van der Waals surface area contributed by atoms with Crippen LogP contribution in [0.4, 0.5) is 11.5 Å². The fourth-order valence-electron chi connectivity index (χ4n) is 1.71. The normalized spacial score (nSPS) is 10.1. The van der Waals surface area contributed by atoms with E-state index in [4.69, 9.17) is 0 Å². The average Bonchev–Trinajstić information content (AvgIpc) is 2.48. The number of rotatable bonds is 5. The summed E-state index contributed by atoms with van der Waals surface area (Å²) in [7, 11) is 0. The molecule has 0 unspecified atom stereocenters. The van der Waals surface area contributed by atoms with E-state index in [1.807, 2.05) is 19.1 Å². The van der Waals surface area contributed by atoms with Gasteiger partial charge in [0.1, 0.15) is 11.5 Å². The molecule has 1 amide bonds. The summed E-state index contributed by atoms with van der Waals surface area (Å²) in [5.41, 5.74) is 2.06. The molecule has 5 nitrogen and oxygen atoms in total. The third-order valence-electron chi connectivity index (χ3n) is 2.81. The molecule has 20 heavy (non-hydrogen) atoms. The van der Waals surface area contributed by atoms with Crippen LogP contribution in [0.3, 0.4) is 0 Å². The molecule has 0 atom stereocenters. The Morgan fingerprint density at radius 1 is 1.30 bits per heavy atom. The van der Waals surface area contributed by atoms with Gasteiger partial charge in [-0.15, -0.1) is 0 Å². The van der Waals surface area contributed by atoms with Gasteiger partial charge in [-0.3, -0.25) is 9.78 Å². The monoisotopic (exact) mass is 270 g/mol. The second kappa shape index (κ2) is 6.65. The molecule has 0 radical (unpaired) electrons. The van der Waals surface area contributed by atoms with E-state index in [1.165, 1.54) is 0 Å². The smallest absolute Gasteiger partial charge is 0.274 e. The highest BCUT2D eigenvalue weighted by molar-refractivity contribution is 6.03. The Kier molecular flexibility index (Phi) is 4.65. The van der Waals surface area contributed by atoms with Crippen molar-refractivity contribution in [3.8, 4) is 0 Å². The lowest BCUT2D eigenvalue weighted by Gasteiger charge is -2.08. The molecule has 2 rings (SSSR count). The molecule has 0 bridgehead atoms. The molecule has 0 fully saturated rings. The van der Waals surface area contributed by atoms with E-state index in [9.17, 15) is 4.79 Å². The second-order valence-electron chi connectivity index (χ2n) is 4.48. The number of anilines is 2. The van der Waals surface area contributed by atoms with E-state index >= 15 is 0 Å². The number of pyridine rings is 2. The first-order valence-corrected chi connectivity index (χ1v) is 6.63. The van der Waals surface area contributed by atoms with Gasteiger partial charge in [0.2, 0.25) is 0 Å². The zero-order chi connectivity index (χ0) is 14.4.